The van der Waals surface area contributed by atoms with Crippen molar-refractivity contribution >= 4 is 27.5 Å². The SMILES string of the molecule is COc1ccc2[nH]cc(/C(Cc3c[nH]c4ccccc34)=N/O)c2c1. The fourth-order valence-electron chi connectivity index (χ4n) is 3.11. The second-order valence-corrected chi connectivity index (χ2v) is 5.70. The molecule has 0 amide bonds. The van der Waals surface area contributed by atoms with Crippen molar-refractivity contribution in [1.82, 2.24) is 9.97 Å². The van der Waals surface area contributed by atoms with Gasteiger partial charge in [-0.3, -0.25) is 0 Å². The first-order chi connectivity index (χ1) is 11.8. The van der Waals surface area contributed by atoms with E-state index in [2.05, 4.69) is 21.2 Å². The number of hydrogen-bond acceptors (Lipinski definition) is 3. The lowest BCUT2D eigenvalue weighted by Gasteiger charge is -2.04. The maximum atomic E-state index is 9.59. The van der Waals surface area contributed by atoms with Crippen LogP contribution in [0.2, 0.25) is 0 Å². The molecule has 0 aliphatic heterocycles. The number of nitrogens with one attached hydrogen (secondary N) is 2. The number of benzene rings is 2. The topological polar surface area (TPSA) is 73.4 Å². The summed E-state index contributed by atoms with van der Waals surface area (Å²) in [6, 6.07) is 13.9. The Balaban J connectivity index is 1.77. The van der Waals surface area contributed by atoms with Gasteiger partial charge in [-0.25, -0.2) is 0 Å². The van der Waals surface area contributed by atoms with Gasteiger partial charge in [0.05, 0.1) is 12.8 Å². The number of methoxy groups -OCH3 is 1. The van der Waals surface area contributed by atoms with Crippen molar-refractivity contribution in [3.8, 4) is 5.75 Å². The predicted molar refractivity (Wildman–Crippen MR) is 95.2 cm³/mol. The smallest absolute Gasteiger partial charge is 0.119 e. The lowest BCUT2D eigenvalue weighted by atomic mass is 10.0. The maximum Gasteiger partial charge on any atom is 0.119 e. The summed E-state index contributed by atoms with van der Waals surface area (Å²) in [6.07, 6.45) is 4.37. The zero-order chi connectivity index (χ0) is 16.5. The van der Waals surface area contributed by atoms with Gasteiger partial charge in [0.15, 0.2) is 0 Å². The van der Waals surface area contributed by atoms with Gasteiger partial charge in [0.1, 0.15) is 5.75 Å². The zero-order valence-corrected chi connectivity index (χ0v) is 13.2. The molecule has 0 atom stereocenters. The van der Waals surface area contributed by atoms with Gasteiger partial charge in [0, 0.05) is 46.2 Å². The Hall–Kier alpha value is -3.21. The summed E-state index contributed by atoms with van der Waals surface area (Å²) in [5.41, 5.74) is 4.63. The second kappa shape index (κ2) is 5.77. The van der Waals surface area contributed by atoms with Crippen LogP contribution < -0.4 is 4.74 Å². The van der Waals surface area contributed by atoms with Gasteiger partial charge in [-0.15, -0.1) is 0 Å². The molecule has 0 unspecified atom stereocenters. The monoisotopic (exact) mass is 319 g/mol. The highest BCUT2D eigenvalue weighted by Crippen LogP contribution is 2.26. The van der Waals surface area contributed by atoms with E-state index in [4.69, 9.17) is 4.74 Å². The largest absolute Gasteiger partial charge is 0.497 e. The normalized spacial score (nSPS) is 12.1. The number of para-hydroxylation sites is 1. The van der Waals surface area contributed by atoms with Crippen LogP contribution in [0.4, 0.5) is 0 Å². The third kappa shape index (κ3) is 2.31. The lowest BCUT2D eigenvalue weighted by molar-refractivity contribution is 0.318. The van der Waals surface area contributed by atoms with E-state index in [1.807, 2.05) is 48.8 Å². The van der Waals surface area contributed by atoms with Crippen molar-refractivity contribution in [2.75, 3.05) is 7.11 Å². The molecule has 4 aromatic rings. The Bertz CT molecular complexity index is 1040. The number of H-pyrrole nitrogens is 2. The summed E-state index contributed by atoms with van der Waals surface area (Å²) in [6.45, 7) is 0. The van der Waals surface area contributed by atoms with E-state index in [1.54, 1.807) is 7.11 Å². The highest BCUT2D eigenvalue weighted by atomic mass is 16.5. The fraction of sp³-hybridized carbons (Fsp3) is 0.105. The molecule has 5 nitrogen and oxygen atoms in total. The van der Waals surface area contributed by atoms with Crippen LogP contribution in [-0.4, -0.2) is 28.0 Å². The quantitative estimate of drug-likeness (QED) is 0.301. The van der Waals surface area contributed by atoms with Crippen LogP contribution in [0.1, 0.15) is 11.1 Å². The molecule has 4 rings (SSSR count). The second-order valence-electron chi connectivity index (χ2n) is 5.70. The minimum absolute atomic E-state index is 0.532. The standard InChI is InChI=1S/C19H17N3O2/c1-24-13-6-7-18-15(9-13)16(11-21-18)19(22-23)8-12-10-20-17-5-3-2-4-14(12)17/h2-7,9-11,20-21,23H,8H2,1H3/b22-19+. The Morgan fingerprint density at radius 1 is 1.04 bits per heavy atom. The molecule has 24 heavy (non-hydrogen) atoms. The summed E-state index contributed by atoms with van der Waals surface area (Å²) >= 11 is 0. The first kappa shape index (κ1) is 14.4. The number of aromatic amines is 2. The van der Waals surface area contributed by atoms with Gasteiger partial charge in [-0.2, -0.15) is 0 Å². The molecular formula is C19H17N3O2. The lowest BCUT2D eigenvalue weighted by Crippen LogP contribution is -2.04. The minimum Gasteiger partial charge on any atom is -0.497 e. The van der Waals surface area contributed by atoms with Gasteiger partial charge in [-0.05, 0) is 29.8 Å². The van der Waals surface area contributed by atoms with E-state index in [-0.39, 0.29) is 0 Å². The minimum atomic E-state index is 0.532. The Morgan fingerprint density at radius 3 is 2.67 bits per heavy atom. The van der Waals surface area contributed by atoms with Crippen molar-refractivity contribution in [1.29, 1.82) is 0 Å². The van der Waals surface area contributed by atoms with Gasteiger partial charge >= 0.3 is 0 Å². The van der Waals surface area contributed by atoms with Crippen LogP contribution in [0.25, 0.3) is 21.8 Å². The van der Waals surface area contributed by atoms with E-state index < -0.39 is 0 Å². The van der Waals surface area contributed by atoms with E-state index in [0.717, 1.165) is 38.7 Å². The summed E-state index contributed by atoms with van der Waals surface area (Å²) in [5.74, 6) is 0.771. The average Bonchev–Trinajstić information content (AvgIpc) is 3.23. The molecule has 0 spiro atoms. The zero-order valence-electron chi connectivity index (χ0n) is 13.2. The van der Waals surface area contributed by atoms with Gasteiger partial charge < -0.3 is 19.9 Å². The molecular weight excluding hydrogens is 302 g/mol. The first-order valence-electron chi connectivity index (χ1n) is 7.71. The number of fused-ring (bicyclic) bond motifs is 2. The molecule has 0 fully saturated rings. The van der Waals surface area contributed by atoms with E-state index in [1.165, 1.54) is 0 Å². The van der Waals surface area contributed by atoms with Crippen molar-refractivity contribution in [2.45, 2.75) is 6.42 Å². The van der Waals surface area contributed by atoms with Gasteiger partial charge in [-0.1, -0.05) is 23.4 Å². The molecule has 2 heterocycles. The third-order valence-corrected chi connectivity index (χ3v) is 4.35. The Labute approximate surface area is 138 Å². The van der Waals surface area contributed by atoms with Gasteiger partial charge in [0.25, 0.3) is 0 Å². The number of oxime groups is 1. The van der Waals surface area contributed by atoms with Crippen LogP contribution in [0.15, 0.2) is 60.0 Å². The molecule has 0 saturated heterocycles. The Kier molecular flexibility index (Phi) is 3.46. The average molecular weight is 319 g/mol. The summed E-state index contributed by atoms with van der Waals surface area (Å²) in [7, 11) is 1.64. The number of nitrogens with zero attached hydrogens (tertiary/aromatic N) is 1. The summed E-state index contributed by atoms with van der Waals surface area (Å²) < 4.78 is 5.30. The van der Waals surface area contributed by atoms with Crippen LogP contribution >= 0.6 is 0 Å². The van der Waals surface area contributed by atoms with Crippen molar-refractivity contribution in [3.05, 3.63) is 66.0 Å². The Morgan fingerprint density at radius 2 is 1.83 bits per heavy atom. The van der Waals surface area contributed by atoms with Crippen LogP contribution in [0.5, 0.6) is 5.75 Å². The molecule has 0 saturated carbocycles. The number of ether oxygens (including phenoxy) is 1. The van der Waals surface area contributed by atoms with Crippen LogP contribution in [-0.2, 0) is 6.42 Å². The molecule has 5 heteroatoms. The van der Waals surface area contributed by atoms with Crippen molar-refractivity contribution in [3.63, 3.8) is 0 Å². The predicted octanol–water partition coefficient (Wildman–Crippen LogP) is 4.08. The van der Waals surface area contributed by atoms with Gasteiger partial charge in [0.2, 0.25) is 0 Å². The van der Waals surface area contributed by atoms with E-state index in [0.29, 0.717) is 12.1 Å². The van der Waals surface area contributed by atoms with E-state index in [9.17, 15) is 5.21 Å². The summed E-state index contributed by atoms with van der Waals surface area (Å²) in [4.78, 5) is 6.47. The number of hydrogen-bond donors (Lipinski definition) is 3. The molecule has 0 radical (unpaired) electrons. The molecule has 120 valence electrons. The maximum absolute atomic E-state index is 9.59. The van der Waals surface area contributed by atoms with E-state index >= 15 is 0 Å². The molecule has 2 aromatic carbocycles. The molecule has 0 aliphatic carbocycles. The molecule has 0 aliphatic rings. The number of aromatic nitrogens is 2. The van der Waals surface area contributed by atoms with Crippen LogP contribution in [0, 0.1) is 0 Å². The highest BCUT2D eigenvalue weighted by Gasteiger charge is 2.14. The van der Waals surface area contributed by atoms with Crippen molar-refractivity contribution < 1.29 is 9.94 Å². The highest BCUT2D eigenvalue weighted by molar-refractivity contribution is 6.12. The summed E-state index contributed by atoms with van der Waals surface area (Å²) in [5, 5.41) is 15.3. The van der Waals surface area contributed by atoms with Crippen molar-refractivity contribution in [2.24, 2.45) is 5.16 Å². The number of rotatable bonds is 4. The third-order valence-electron chi connectivity index (χ3n) is 4.35. The van der Waals surface area contributed by atoms with Crippen LogP contribution in [0.3, 0.4) is 0 Å². The molecule has 0 bridgehead atoms. The fourth-order valence-corrected chi connectivity index (χ4v) is 3.11. The molecule has 2 aromatic heterocycles. The first-order valence-corrected chi connectivity index (χ1v) is 7.71. The molecule has 3 N–H and O–H groups in total.